The van der Waals surface area contributed by atoms with Gasteiger partial charge in [0, 0.05) is 15.4 Å². The normalized spacial score (nSPS) is 15.0. The third kappa shape index (κ3) is 2.34. The van der Waals surface area contributed by atoms with E-state index in [9.17, 15) is 4.79 Å². The first-order valence-corrected chi connectivity index (χ1v) is 8.60. The molecule has 1 amide bonds. The van der Waals surface area contributed by atoms with E-state index in [-0.39, 0.29) is 5.91 Å². The maximum absolute atomic E-state index is 12.4. The summed E-state index contributed by atoms with van der Waals surface area (Å²) in [6.07, 6.45) is 0. The van der Waals surface area contributed by atoms with Crippen LogP contribution in [-0.4, -0.2) is 11.6 Å². The summed E-state index contributed by atoms with van der Waals surface area (Å²) in [5.41, 5.74) is 3.50. The lowest BCUT2D eigenvalue weighted by atomic mass is 10.1. The Morgan fingerprint density at radius 3 is 2.71 bits per heavy atom. The predicted octanol–water partition coefficient (Wildman–Crippen LogP) is 5.64. The van der Waals surface area contributed by atoms with Gasteiger partial charge in [-0.2, -0.15) is 0 Å². The number of hydrogen-bond donors (Lipinski definition) is 1. The van der Waals surface area contributed by atoms with Crippen LogP contribution in [0.25, 0.3) is 10.8 Å². The molecule has 0 atom stereocenters. The highest BCUT2D eigenvalue weighted by molar-refractivity contribution is 9.10. The van der Waals surface area contributed by atoms with Crippen LogP contribution >= 0.6 is 27.5 Å². The van der Waals surface area contributed by atoms with Crippen LogP contribution in [0.4, 0.5) is 11.4 Å². The Labute approximate surface area is 152 Å². The van der Waals surface area contributed by atoms with Crippen LogP contribution in [0.1, 0.15) is 11.1 Å². The van der Waals surface area contributed by atoms with Gasteiger partial charge >= 0.3 is 0 Å². The lowest BCUT2D eigenvalue weighted by Crippen LogP contribution is -2.14. The van der Waals surface area contributed by atoms with Gasteiger partial charge in [-0.15, -0.1) is 0 Å². The molecule has 4 rings (SSSR count). The summed E-state index contributed by atoms with van der Waals surface area (Å²) in [6, 6.07) is 15.7. The van der Waals surface area contributed by atoms with Crippen molar-refractivity contribution in [3.05, 3.63) is 69.2 Å². The SMILES string of the molecule is Cc1c(Cl)c(Br)cc2c1NC(=O)C2=Nc1cccc2ccccc12. The molecular weight excluding hydrogens is 388 g/mol. The summed E-state index contributed by atoms with van der Waals surface area (Å²) in [5.74, 6) is -0.213. The minimum absolute atomic E-state index is 0.213. The number of fused-ring (bicyclic) bond motifs is 2. The van der Waals surface area contributed by atoms with E-state index in [2.05, 4.69) is 26.2 Å². The quantitative estimate of drug-likeness (QED) is 0.565. The maximum atomic E-state index is 12.4. The molecule has 0 radical (unpaired) electrons. The Balaban J connectivity index is 1.95. The third-order valence-corrected chi connectivity index (χ3v) is 5.50. The Morgan fingerprint density at radius 2 is 1.88 bits per heavy atom. The fraction of sp³-hybridized carbons (Fsp3) is 0.0526. The van der Waals surface area contributed by atoms with Crippen molar-refractivity contribution in [1.82, 2.24) is 0 Å². The highest BCUT2D eigenvalue weighted by Gasteiger charge is 2.29. The van der Waals surface area contributed by atoms with Crippen molar-refractivity contribution in [2.75, 3.05) is 5.32 Å². The molecule has 0 aromatic heterocycles. The smallest absolute Gasteiger partial charge is 0.275 e. The van der Waals surface area contributed by atoms with Gasteiger partial charge in [-0.25, -0.2) is 4.99 Å². The third-order valence-electron chi connectivity index (χ3n) is 4.16. The molecule has 5 heteroatoms. The molecule has 118 valence electrons. The van der Waals surface area contributed by atoms with Crippen molar-refractivity contribution >= 4 is 61.3 Å². The lowest BCUT2D eigenvalue weighted by Gasteiger charge is -2.07. The van der Waals surface area contributed by atoms with E-state index in [1.165, 1.54) is 0 Å². The first-order valence-electron chi connectivity index (χ1n) is 7.43. The van der Waals surface area contributed by atoms with Gasteiger partial charge in [0.05, 0.1) is 16.4 Å². The van der Waals surface area contributed by atoms with Crippen LogP contribution in [-0.2, 0) is 4.79 Å². The van der Waals surface area contributed by atoms with Crippen molar-refractivity contribution in [3.8, 4) is 0 Å². The summed E-state index contributed by atoms with van der Waals surface area (Å²) < 4.78 is 0.752. The number of halogens is 2. The molecule has 1 N–H and O–H groups in total. The fourth-order valence-electron chi connectivity index (χ4n) is 2.93. The molecule has 3 aromatic carbocycles. The molecule has 24 heavy (non-hydrogen) atoms. The molecule has 0 aliphatic carbocycles. The van der Waals surface area contributed by atoms with Crippen LogP contribution in [0.2, 0.25) is 5.02 Å². The first-order chi connectivity index (χ1) is 11.6. The van der Waals surface area contributed by atoms with Crippen molar-refractivity contribution in [3.63, 3.8) is 0 Å². The maximum Gasteiger partial charge on any atom is 0.275 e. The van der Waals surface area contributed by atoms with E-state index in [1.807, 2.05) is 55.5 Å². The van der Waals surface area contributed by atoms with E-state index in [4.69, 9.17) is 11.6 Å². The zero-order chi connectivity index (χ0) is 16.8. The van der Waals surface area contributed by atoms with Crippen LogP contribution in [0.15, 0.2) is 58.0 Å². The number of anilines is 1. The lowest BCUT2D eigenvalue weighted by molar-refractivity contribution is -0.110. The monoisotopic (exact) mass is 398 g/mol. The van der Waals surface area contributed by atoms with Crippen LogP contribution in [0.5, 0.6) is 0 Å². The number of nitrogens with zero attached hydrogens (tertiary/aromatic N) is 1. The zero-order valence-electron chi connectivity index (χ0n) is 12.7. The van der Waals surface area contributed by atoms with Crippen molar-refractivity contribution in [1.29, 1.82) is 0 Å². The second kappa shape index (κ2) is 5.72. The van der Waals surface area contributed by atoms with E-state index in [0.29, 0.717) is 10.7 Å². The number of rotatable bonds is 1. The van der Waals surface area contributed by atoms with E-state index < -0.39 is 0 Å². The fourth-order valence-corrected chi connectivity index (χ4v) is 3.61. The minimum Gasteiger partial charge on any atom is -0.320 e. The highest BCUT2D eigenvalue weighted by atomic mass is 79.9. The number of benzene rings is 3. The van der Waals surface area contributed by atoms with E-state index in [0.717, 1.165) is 37.7 Å². The topological polar surface area (TPSA) is 41.5 Å². The summed E-state index contributed by atoms with van der Waals surface area (Å²) in [4.78, 5) is 17.1. The van der Waals surface area contributed by atoms with Gasteiger partial charge in [-0.05, 0) is 45.9 Å². The standard InChI is InChI=1S/C19H12BrClN2O/c1-10-16(21)14(20)9-13-17(10)23-19(24)18(13)22-15-8-4-6-11-5-2-3-7-12(11)15/h2-9H,1H3,(H,22,23,24). The second-order valence-electron chi connectivity index (χ2n) is 5.63. The van der Waals surface area contributed by atoms with Gasteiger partial charge in [0.2, 0.25) is 0 Å². The van der Waals surface area contributed by atoms with Crippen LogP contribution in [0, 0.1) is 6.92 Å². The van der Waals surface area contributed by atoms with Gasteiger partial charge in [0.15, 0.2) is 0 Å². The number of carbonyl (C=O) groups excluding carboxylic acids is 1. The molecule has 0 bridgehead atoms. The Bertz CT molecular complexity index is 1040. The molecule has 3 nitrogen and oxygen atoms in total. The molecule has 1 aliphatic heterocycles. The molecule has 3 aromatic rings. The van der Waals surface area contributed by atoms with E-state index in [1.54, 1.807) is 0 Å². The van der Waals surface area contributed by atoms with Crippen molar-refractivity contribution in [2.45, 2.75) is 6.92 Å². The zero-order valence-corrected chi connectivity index (χ0v) is 15.1. The second-order valence-corrected chi connectivity index (χ2v) is 6.87. The largest absolute Gasteiger partial charge is 0.320 e. The van der Waals surface area contributed by atoms with Gasteiger partial charge in [-0.3, -0.25) is 4.79 Å². The van der Waals surface area contributed by atoms with Gasteiger partial charge < -0.3 is 5.32 Å². The summed E-state index contributed by atoms with van der Waals surface area (Å²) in [5, 5.41) is 5.58. The van der Waals surface area contributed by atoms with Crippen LogP contribution in [0.3, 0.4) is 0 Å². The van der Waals surface area contributed by atoms with E-state index >= 15 is 0 Å². The van der Waals surface area contributed by atoms with Crippen LogP contribution < -0.4 is 5.32 Å². The molecule has 0 spiro atoms. The summed E-state index contributed by atoms with van der Waals surface area (Å²) >= 11 is 9.70. The number of amides is 1. The Kier molecular flexibility index (Phi) is 3.66. The highest BCUT2D eigenvalue weighted by Crippen LogP contribution is 2.38. The number of nitrogens with one attached hydrogen (secondary N) is 1. The van der Waals surface area contributed by atoms with Crippen molar-refractivity contribution < 1.29 is 4.79 Å². The molecule has 1 aliphatic rings. The molecule has 0 saturated heterocycles. The van der Waals surface area contributed by atoms with Gasteiger partial charge in [0.1, 0.15) is 5.71 Å². The first kappa shape index (κ1) is 15.4. The molecule has 0 fully saturated rings. The minimum atomic E-state index is -0.213. The molecule has 0 saturated carbocycles. The molecule has 1 heterocycles. The summed E-state index contributed by atoms with van der Waals surface area (Å²) in [6.45, 7) is 1.88. The average molecular weight is 400 g/mol. The predicted molar refractivity (Wildman–Crippen MR) is 103 cm³/mol. The van der Waals surface area contributed by atoms with Gasteiger partial charge in [0.25, 0.3) is 5.91 Å². The summed E-state index contributed by atoms with van der Waals surface area (Å²) in [7, 11) is 0. The Morgan fingerprint density at radius 1 is 1.12 bits per heavy atom. The number of carbonyl (C=O) groups is 1. The Hall–Kier alpha value is -2.17. The van der Waals surface area contributed by atoms with Gasteiger partial charge in [-0.1, -0.05) is 48.0 Å². The average Bonchev–Trinajstić information content (AvgIpc) is 2.89. The molecule has 0 unspecified atom stereocenters. The van der Waals surface area contributed by atoms with Crippen molar-refractivity contribution in [2.24, 2.45) is 4.99 Å². The number of aliphatic imine (C=N–C) groups is 1. The number of hydrogen-bond acceptors (Lipinski definition) is 2. The molecular formula is C19H12BrClN2O.